The Kier molecular flexibility index (Phi) is 12.5. The van der Waals surface area contributed by atoms with Gasteiger partial charge in [-0.05, 0) is 38.3 Å². The van der Waals surface area contributed by atoms with E-state index in [-0.39, 0.29) is 37.8 Å². The largest absolute Gasteiger partial charge is 0.444 e. The van der Waals surface area contributed by atoms with E-state index < -0.39 is 17.8 Å². The Morgan fingerprint density at radius 1 is 0.627 bits per heavy atom. The molecule has 0 fully saturated rings. The standard InChI is InChI=1S/C41H41N3O6S/c1-41(2,3)50-40(48)44(27-31-17-21-35(22-18-31)38(46)33-13-8-5-9-14-33)24-10-23-43(39(47)49-28-36-25-42-29-51-36)26-30-15-19-34(20-16-30)37(45)32-11-6-4-7-12-32/h4-9,11-22,25,29H,10,23-24,26-28H2,1-3H3. The van der Waals surface area contributed by atoms with Crippen LogP contribution in [0.1, 0.15) is 75.0 Å². The van der Waals surface area contributed by atoms with E-state index >= 15 is 0 Å². The fourth-order valence-corrected chi connectivity index (χ4v) is 5.77. The van der Waals surface area contributed by atoms with Gasteiger partial charge in [0, 0.05) is 54.6 Å². The van der Waals surface area contributed by atoms with E-state index in [2.05, 4.69) is 4.98 Å². The fourth-order valence-electron chi connectivity index (χ4n) is 5.26. The Balaban J connectivity index is 1.27. The molecule has 0 saturated heterocycles. The minimum absolute atomic E-state index is 0.0779. The van der Waals surface area contributed by atoms with Crippen LogP contribution >= 0.6 is 11.3 Å². The number of carbonyl (C=O) groups excluding carboxylic acids is 4. The molecule has 0 N–H and O–H groups in total. The molecule has 5 rings (SSSR count). The zero-order chi connectivity index (χ0) is 36.2. The lowest BCUT2D eigenvalue weighted by Gasteiger charge is -2.29. The molecule has 0 spiro atoms. The summed E-state index contributed by atoms with van der Waals surface area (Å²) in [4.78, 5) is 60.6. The highest BCUT2D eigenvalue weighted by Gasteiger charge is 2.24. The number of nitrogens with zero attached hydrogens (tertiary/aromatic N) is 3. The number of hydrogen-bond acceptors (Lipinski definition) is 8. The first kappa shape index (κ1) is 36.7. The summed E-state index contributed by atoms with van der Waals surface area (Å²) in [6.07, 6.45) is 1.11. The van der Waals surface area contributed by atoms with Gasteiger partial charge >= 0.3 is 12.2 Å². The second-order valence-electron chi connectivity index (χ2n) is 13.0. The molecule has 0 radical (unpaired) electrons. The lowest BCUT2D eigenvalue weighted by Crippen LogP contribution is -2.39. The number of aromatic nitrogens is 1. The van der Waals surface area contributed by atoms with Crippen molar-refractivity contribution >= 4 is 35.1 Å². The Hall–Kier alpha value is -5.61. The summed E-state index contributed by atoms with van der Waals surface area (Å²) in [5, 5.41) is 0. The first-order chi connectivity index (χ1) is 24.6. The average Bonchev–Trinajstić information content (AvgIpc) is 3.67. The average molecular weight is 704 g/mol. The molecular formula is C41H41N3O6S. The van der Waals surface area contributed by atoms with Crippen LogP contribution in [-0.4, -0.2) is 57.2 Å². The van der Waals surface area contributed by atoms with E-state index in [1.807, 2.05) is 81.4 Å². The Labute approximate surface area is 302 Å². The maximum atomic E-state index is 13.4. The van der Waals surface area contributed by atoms with Gasteiger partial charge in [-0.2, -0.15) is 0 Å². The predicted octanol–water partition coefficient (Wildman–Crippen LogP) is 8.57. The molecule has 0 unspecified atom stereocenters. The van der Waals surface area contributed by atoms with Crippen LogP contribution in [0.5, 0.6) is 0 Å². The molecule has 0 bridgehead atoms. The molecule has 5 aromatic rings. The van der Waals surface area contributed by atoms with Crippen molar-refractivity contribution in [2.75, 3.05) is 13.1 Å². The molecule has 0 atom stereocenters. The molecule has 2 amide bonds. The number of ether oxygens (including phenoxy) is 2. The molecule has 1 heterocycles. The number of amides is 2. The van der Waals surface area contributed by atoms with Crippen molar-refractivity contribution in [2.24, 2.45) is 0 Å². The highest BCUT2D eigenvalue weighted by atomic mass is 32.1. The van der Waals surface area contributed by atoms with Gasteiger partial charge in [-0.15, -0.1) is 11.3 Å². The second kappa shape index (κ2) is 17.4. The normalized spacial score (nSPS) is 11.0. The zero-order valence-electron chi connectivity index (χ0n) is 29.0. The molecule has 262 valence electrons. The summed E-state index contributed by atoms with van der Waals surface area (Å²) >= 11 is 1.40. The summed E-state index contributed by atoms with van der Waals surface area (Å²) in [5.41, 5.74) is 4.94. The highest BCUT2D eigenvalue weighted by Crippen LogP contribution is 2.18. The number of hydrogen-bond donors (Lipinski definition) is 0. The monoisotopic (exact) mass is 703 g/mol. The minimum atomic E-state index is -0.707. The van der Waals surface area contributed by atoms with Gasteiger partial charge in [0.05, 0.1) is 10.4 Å². The molecule has 0 aliphatic rings. The third-order valence-corrected chi connectivity index (χ3v) is 8.59. The van der Waals surface area contributed by atoms with Gasteiger partial charge < -0.3 is 19.3 Å². The molecule has 10 heteroatoms. The Morgan fingerprint density at radius 3 is 1.51 bits per heavy atom. The lowest BCUT2D eigenvalue weighted by atomic mass is 10.0. The van der Waals surface area contributed by atoms with Gasteiger partial charge in [-0.3, -0.25) is 14.6 Å². The lowest BCUT2D eigenvalue weighted by molar-refractivity contribution is 0.0225. The Bertz CT molecular complexity index is 1890. The van der Waals surface area contributed by atoms with Crippen LogP contribution in [0.4, 0.5) is 9.59 Å². The first-order valence-electron chi connectivity index (χ1n) is 16.7. The van der Waals surface area contributed by atoms with Crippen LogP contribution < -0.4 is 0 Å². The van der Waals surface area contributed by atoms with Gasteiger partial charge in [0.1, 0.15) is 12.2 Å². The third kappa shape index (κ3) is 10.9. The van der Waals surface area contributed by atoms with Crippen molar-refractivity contribution in [2.45, 2.75) is 52.5 Å². The molecule has 0 aliphatic heterocycles. The molecule has 0 aliphatic carbocycles. The topological polar surface area (TPSA) is 106 Å². The summed E-state index contributed by atoms with van der Waals surface area (Å²) in [7, 11) is 0. The minimum Gasteiger partial charge on any atom is -0.444 e. The summed E-state index contributed by atoms with van der Waals surface area (Å²) in [6.45, 7) is 6.61. The van der Waals surface area contributed by atoms with Crippen LogP contribution in [0.2, 0.25) is 0 Å². The van der Waals surface area contributed by atoms with Crippen LogP contribution in [-0.2, 0) is 29.2 Å². The summed E-state index contributed by atoms with van der Waals surface area (Å²) in [5.74, 6) is -0.159. The summed E-state index contributed by atoms with van der Waals surface area (Å²) < 4.78 is 11.4. The smallest absolute Gasteiger partial charge is 0.410 e. The maximum absolute atomic E-state index is 13.4. The molecule has 1 aromatic heterocycles. The molecule has 4 aromatic carbocycles. The van der Waals surface area contributed by atoms with Gasteiger partial charge in [-0.25, -0.2) is 9.59 Å². The number of benzene rings is 4. The number of thiazole rings is 1. The van der Waals surface area contributed by atoms with Crippen LogP contribution in [0.3, 0.4) is 0 Å². The first-order valence-corrected chi connectivity index (χ1v) is 17.6. The van der Waals surface area contributed by atoms with E-state index in [1.54, 1.807) is 70.0 Å². The van der Waals surface area contributed by atoms with Gasteiger partial charge in [0.2, 0.25) is 0 Å². The van der Waals surface area contributed by atoms with Gasteiger partial charge in [0.15, 0.2) is 11.6 Å². The van der Waals surface area contributed by atoms with Crippen LogP contribution in [0, 0.1) is 0 Å². The Morgan fingerprint density at radius 2 is 1.08 bits per heavy atom. The van der Waals surface area contributed by atoms with E-state index in [4.69, 9.17) is 9.47 Å². The van der Waals surface area contributed by atoms with Crippen molar-refractivity contribution in [3.63, 3.8) is 0 Å². The maximum Gasteiger partial charge on any atom is 0.410 e. The molecular weight excluding hydrogens is 663 g/mol. The van der Waals surface area contributed by atoms with E-state index in [0.717, 1.165) is 16.0 Å². The number of carbonyl (C=O) groups is 4. The molecule has 0 saturated carbocycles. The number of rotatable bonds is 14. The molecule has 9 nitrogen and oxygen atoms in total. The van der Waals surface area contributed by atoms with E-state index in [1.165, 1.54) is 11.3 Å². The van der Waals surface area contributed by atoms with Gasteiger partial charge in [-0.1, -0.05) is 109 Å². The third-order valence-electron chi connectivity index (χ3n) is 7.84. The predicted molar refractivity (Wildman–Crippen MR) is 197 cm³/mol. The quantitative estimate of drug-likeness (QED) is 0.107. The molecule has 51 heavy (non-hydrogen) atoms. The van der Waals surface area contributed by atoms with Crippen molar-refractivity contribution < 1.29 is 28.7 Å². The van der Waals surface area contributed by atoms with Crippen molar-refractivity contribution in [3.05, 3.63) is 159 Å². The van der Waals surface area contributed by atoms with E-state index in [0.29, 0.717) is 35.2 Å². The van der Waals surface area contributed by atoms with Crippen LogP contribution in [0.15, 0.2) is 121 Å². The van der Waals surface area contributed by atoms with Crippen molar-refractivity contribution in [1.82, 2.24) is 14.8 Å². The van der Waals surface area contributed by atoms with Crippen molar-refractivity contribution in [3.8, 4) is 0 Å². The zero-order valence-corrected chi connectivity index (χ0v) is 29.8. The van der Waals surface area contributed by atoms with E-state index in [9.17, 15) is 19.2 Å². The SMILES string of the molecule is CC(C)(C)OC(=O)N(CCCN(Cc1ccc(C(=O)c2ccccc2)cc1)C(=O)OCc1cncs1)Cc1ccc(C(=O)c2ccccc2)cc1. The van der Waals surface area contributed by atoms with Crippen LogP contribution in [0.25, 0.3) is 0 Å². The summed E-state index contributed by atoms with van der Waals surface area (Å²) in [6, 6.07) is 32.5. The van der Waals surface area contributed by atoms with Gasteiger partial charge in [0.25, 0.3) is 0 Å². The highest BCUT2D eigenvalue weighted by molar-refractivity contribution is 7.09. The van der Waals surface area contributed by atoms with Crippen molar-refractivity contribution in [1.29, 1.82) is 0 Å². The second-order valence-corrected chi connectivity index (χ2v) is 14.0. The number of ketones is 2. The fraction of sp³-hybridized carbons (Fsp3) is 0.244.